The van der Waals surface area contributed by atoms with Gasteiger partial charge in [0.2, 0.25) is 0 Å². The molecule has 0 bridgehead atoms. The van der Waals surface area contributed by atoms with Crippen LogP contribution in [-0.2, 0) is 0 Å². The van der Waals surface area contributed by atoms with Crippen molar-refractivity contribution in [3.63, 3.8) is 0 Å². The topological polar surface area (TPSA) is 62.2 Å². The van der Waals surface area contributed by atoms with E-state index in [2.05, 4.69) is 11.4 Å². The van der Waals surface area contributed by atoms with Gasteiger partial charge in [-0.1, -0.05) is 36.9 Å². The molecule has 4 nitrogen and oxygen atoms in total. The maximum atomic E-state index is 12.9. The third kappa shape index (κ3) is 3.87. The van der Waals surface area contributed by atoms with Gasteiger partial charge in [0.15, 0.2) is 0 Å². The fourth-order valence-corrected chi connectivity index (χ4v) is 4.46. The Morgan fingerprint density at radius 1 is 1.15 bits per heavy atom. The van der Waals surface area contributed by atoms with Crippen LogP contribution >= 0.6 is 11.6 Å². The van der Waals surface area contributed by atoms with Crippen molar-refractivity contribution in [3.05, 3.63) is 46.6 Å². The zero-order valence-corrected chi connectivity index (χ0v) is 16.2. The lowest BCUT2D eigenvalue weighted by molar-refractivity contribution is 0.00527. The molecule has 0 spiro atoms. The predicted octanol–water partition coefficient (Wildman–Crippen LogP) is 4.88. The van der Waals surface area contributed by atoms with Crippen LogP contribution in [0.25, 0.3) is 16.5 Å². The normalized spacial score (nSPS) is 19.1. The van der Waals surface area contributed by atoms with Crippen LogP contribution in [-0.4, -0.2) is 28.1 Å². The lowest BCUT2D eigenvalue weighted by Crippen LogP contribution is -2.44. The third-order valence-electron chi connectivity index (χ3n) is 5.78. The van der Waals surface area contributed by atoms with Crippen molar-refractivity contribution in [2.24, 2.45) is 0 Å². The van der Waals surface area contributed by atoms with E-state index in [1.165, 1.54) is 12.0 Å². The van der Waals surface area contributed by atoms with Crippen molar-refractivity contribution in [2.75, 3.05) is 6.54 Å². The minimum absolute atomic E-state index is 0.251. The second kappa shape index (κ2) is 7.61. The standard InChI is InChI=1S/C22H25ClN2O2/c23-17-9-11-19-16(8-10-18(25-19)15-6-2-3-7-15)20(17)21(26)24-14-22(27)12-4-1-5-13-22/h6,8-11,27H,1-5,7,12-14H2,(H,24,26). The van der Waals surface area contributed by atoms with E-state index in [0.29, 0.717) is 10.6 Å². The summed E-state index contributed by atoms with van der Waals surface area (Å²) in [6, 6.07) is 7.50. The number of benzene rings is 1. The SMILES string of the molecule is O=C(NCC1(O)CCCCC1)c1c(Cl)ccc2nc(C3=CCCC3)ccc12. The van der Waals surface area contributed by atoms with Gasteiger partial charge in [-0.05, 0) is 61.9 Å². The number of nitrogens with zero attached hydrogens (tertiary/aromatic N) is 1. The first-order valence-corrected chi connectivity index (χ1v) is 10.2. The Kier molecular flexibility index (Phi) is 5.20. The summed E-state index contributed by atoms with van der Waals surface area (Å²) in [7, 11) is 0. The summed E-state index contributed by atoms with van der Waals surface area (Å²) in [5.74, 6) is -0.251. The molecular weight excluding hydrogens is 360 g/mol. The van der Waals surface area contributed by atoms with E-state index in [4.69, 9.17) is 16.6 Å². The van der Waals surface area contributed by atoms with Gasteiger partial charge in [0.1, 0.15) is 0 Å². The Hall–Kier alpha value is -1.91. The molecule has 1 fully saturated rings. The largest absolute Gasteiger partial charge is 0.388 e. The molecule has 142 valence electrons. The zero-order chi connectivity index (χ0) is 18.9. The Morgan fingerprint density at radius 2 is 1.96 bits per heavy atom. The van der Waals surface area contributed by atoms with Crippen LogP contribution < -0.4 is 5.32 Å². The van der Waals surface area contributed by atoms with Crippen molar-refractivity contribution in [1.82, 2.24) is 10.3 Å². The van der Waals surface area contributed by atoms with Crippen molar-refractivity contribution >= 4 is 34.0 Å². The summed E-state index contributed by atoms with van der Waals surface area (Å²) in [4.78, 5) is 17.6. The van der Waals surface area contributed by atoms with Crippen LogP contribution in [0.3, 0.4) is 0 Å². The lowest BCUT2D eigenvalue weighted by atomic mass is 9.85. The van der Waals surface area contributed by atoms with Gasteiger partial charge < -0.3 is 10.4 Å². The Bertz CT molecular complexity index is 901. The number of hydrogen-bond acceptors (Lipinski definition) is 3. The van der Waals surface area contributed by atoms with E-state index >= 15 is 0 Å². The molecule has 2 aliphatic carbocycles. The number of amides is 1. The molecule has 1 amide bonds. The maximum absolute atomic E-state index is 12.9. The molecule has 0 saturated heterocycles. The third-order valence-corrected chi connectivity index (χ3v) is 6.09. The number of carbonyl (C=O) groups is 1. The molecular formula is C22H25ClN2O2. The lowest BCUT2D eigenvalue weighted by Gasteiger charge is -2.32. The summed E-state index contributed by atoms with van der Waals surface area (Å²) >= 11 is 6.36. The van der Waals surface area contributed by atoms with E-state index in [1.54, 1.807) is 6.07 Å². The van der Waals surface area contributed by atoms with Crippen LogP contribution in [0.5, 0.6) is 0 Å². The first-order chi connectivity index (χ1) is 13.1. The number of aliphatic hydroxyl groups is 1. The highest BCUT2D eigenvalue weighted by Crippen LogP contribution is 2.31. The summed E-state index contributed by atoms with van der Waals surface area (Å²) in [5.41, 5.74) is 2.66. The summed E-state index contributed by atoms with van der Waals surface area (Å²) in [6.07, 6.45) is 10.2. The molecule has 0 atom stereocenters. The van der Waals surface area contributed by atoms with Crippen molar-refractivity contribution in [1.29, 1.82) is 0 Å². The maximum Gasteiger partial charge on any atom is 0.253 e. The van der Waals surface area contributed by atoms with Crippen LogP contribution in [0.15, 0.2) is 30.3 Å². The molecule has 1 aromatic carbocycles. The van der Waals surface area contributed by atoms with Gasteiger partial charge in [0.25, 0.3) is 5.91 Å². The molecule has 1 aromatic heterocycles. The molecule has 0 radical (unpaired) electrons. The molecule has 2 aliphatic rings. The van der Waals surface area contributed by atoms with E-state index < -0.39 is 5.60 Å². The van der Waals surface area contributed by atoms with Gasteiger partial charge in [-0.3, -0.25) is 4.79 Å². The van der Waals surface area contributed by atoms with Gasteiger partial charge in [0.05, 0.1) is 27.4 Å². The Morgan fingerprint density at radius 3 is 2.70 bits per heavy atom. The fourth-order valence-electron chi connectivity index (χ4n) is 4.21. The molecule has 1 heterocycles. The second-order valence-electron chi connectivity index (χ2n) is 7.77. The highest BCUT2D eigenvalue weighted by atomic mass is 35.5. The highest BCUT2D eigenvalue weighted by Gasteiger charge is 2.30. The fraction of sp³-hybridized carbons (Fsp3) is 0.455. The van der Waals surface area contributed by atoms with Crippen LogP contribution in [0.1, 0.15) is 67.4 Å². The minimum Gasteiger partial charge on any atom is -0.388 e. The number of nitrogens with one attached hydrogen (secondary N) is 1. The molecule has 27 heavy (non-hydrogen) atoms. The molecule has 1 saturated carbocycles. The first kappa shape index (κ1) is 18.5. The molecule has 2 N–H and O–H groups in total. The zero-order valence-electron chi connectivity index (χ0n) is 15.4. The predicted molar refractivity (Wildman–Crippen MR) is 109 cm³/mol. The van der Waals surface area contributed by atoms with Gasteiger partial charge >= 0.3 is 0 Å². The van der Waals surface area contributed by atoms with Gasteiger partial charge in [-0.2, -0.15) is 0 Å². The first-order valence-electron chi connectivity index (χ1n) is 9.85. The summed E-state index contributed by atoms with van der Waals surface area (Å²) < 4.78 is 0. The van der Waals surface area contributed by atoms with E-state index in [9.17, 15) is 9.90 Å². The van der Waals surface area contributed by atoms with Crippen LogP contribution in [0.4, 0.5) is 0 Å². The van der Waals surface area contributed by atoms with Gasteiger partial charge in [-0.15, -0.1) is 0 Å². The van der Waals surface area contributed by atoms with Gasteiger partial charge in [-0.25, -0.2) is 4.98 Å². The Labute approximate surface area is 164 Å². The molecule has 2 aromatic rings. The molecule has 4 rings (SSSR count). The smallest absolute Gasteiger partial charge is 0.253 e. The number of pyridine rings is 1. The number of rotatable bonds is 4. The molecule has 5 heteroatoms. The number of carbonyl (C=O) groups excluding carboxylic acids is 1. The monoisotopic (exact) mass is 384 g/mol. The number of allylic oxidation sites excluding steroid dienone is 2. The quantitative estimate of drug-likeness (QED) is 0.789. The number of halogens is 1. The number of hydrogen-bond donors (Lipinski definition) is 2. The number of aromatic nitrogens is 1. The average molecular weight is 385 g/mol. The van der Waals surface area contributed by atoms with Crippen molar-refractivity contribution in [2.45, 2.75) is 57.0 Å². The van der Waals surface area contributed by atoms with Crippen LogP contribution in [0, 0.1) is 0 Å². The Balaban J connectivity index is 1.60. The summed E-state index contributed by atoms with van der Waals surface area (Å²) in [5, 5.41) is 14.7. The summed E-state index contributed by atoms with van der Waals surface area (Å²) in [6.45, 7) is 0.261. The van der Waals surface area contributed by atoms with E-state index in [-0.39, 0.29) is 12.5 Å². The average Bonchev–Trinajstić information content (AvgIpc) is 3.21. The highest BCUT2D eigenvalue weighted by molar-refractivity contribution is 6.35. The van der Waals surface area contributed by atoms with E-state index in [1.807, 2.05) is 18.2 Å². The van der Waals surface area contributed by atoms with Crippen molar-refractivity contribution < 1.29 is 9.90 Å². The van der Waals surface area contributed by atoms with Crippen molar-refractivity contribution in [3.8, 4) is 0 Å². The van der Waals surface area contributed by atoms with E-state index in [0.717, 1.165) is 61.5 Å². The van der Waals surface area contributed by atoms with Crippen LogP contribution in [0.2, 0.25) is 5.02 Å². The minimum atomic E-state index is -0.800. The second-order valence-corrected chi connectivity index (χ2v) is 8.18. The molecule has 0 aliphatic heterocycles. The van der Waals surface area contributed by atoms with Gasteiger partial charge in [0, 0.05) is 11.9 Å². The molecule has 0 unspecified atom stereocenters. The number of fused-ring (bicyclic) bond motifs is 1.